The van der Waals surface area contributed by atoms with Crippen LogP contribution in [0.3, 0.4) is 0 Å². The van der Waals surface area contributed by atoms with Gasteiger partial charge in [0, 0.05) is 19.7 Å². The van der Waals surface area contributed by atoms with Gasteiger partial charge in [0.2, 0.25) is 0 Å². The Labute approximate surface area is 106 Å². The van der Waals surface area contributed by atoms with Crippen molar-refractivity contribution in [1.82, 2.24) is 4.90 Å². The second-order valence-electron chi connectivity index (χ2n) is 6.04. The minimum atomic E-state index is -0.161. The van der Waals surface area contributed by atoms with Gasteiger partial charge in [-0.05, 0) is 38.1 Å². The highest BCUT2D eigenvalue weighted by molar-refractivity contribution is 4.89. The summed E-state index contributed by atoms with van der Waals surface area (Å²) in [5, 5.41) is 10.4. The van der Waals surface area contributed by atoms with Gasteiger partial charge in [0.1, 0.15) is 0 Å². The molecule has 0 aromatic rings. The third-order valence-electron chi connectivity index (χ3n) is 4.01. The molecule has 0 aromatic heterocycles. The van der Waals surface area contributed by atoms with Crippen molar-refractivity contribution in [1.29, 1.82) is 0 Å². The van der Waals surface area contributed by atoms with Gasteiger partial charge < -0.3 is 14.7 Å². The van der Waals surface area contributed by atoms with E-state index >= 15 is 0 Å². The molecule has 0 aliphatic heterocycles. The van der Waals surface area contributed by atoms with Crippen LogP contribution < -0.4 is 0 Å². The summed E-state index contributed by atoms with van der Waals surface area (Å²) in [4.78, 5) is 2.28. The zero-order valence-electron chi connectivity index (χ0n) is 11.9. The molecule has 1 fully saturated rings. The van der Waals surface area contributed by atoms with Crippen molar-refractivity contribution in [3.05, 3.63) is 0 Å². The van der Waals surface area contributed by atoms with E-state index in [1.807, 2.05) is 6.92 Å². The first-order valence-electron chi connectivity index (χ1n) is 6.91. The second kappa shape index (κ2) is 6.72. The molecule has 0 saturated heterocycles. The monoisotopic (exact) mass is 243 g/mol. The van der Waals surface area contributed by atoms with E-state index in [0.29, 0.717) is 5.92 Å². The van der Waals surface area contributed by atoms with Crippen molar-refractivity contribution in [2.24, 2.45) is 11.3 Å². The maximum atomic E-state index is 10.4. The second-order valence-corrected chi connectivity index (χ2v) is 6.04. The summed E-state index contributed by atoms with van der Waals surface area (Å²) >= 11 is 0. The van der Waals surface area contributed by atoms with E-state index in [1.54, 1.807) is 0 Å². The maximum Gasteiger partial charge on any atom is 0.0631 e. The molecule has 0 amide bonds. The van der Waals surface area contributed by atoms with Crippen molar-refractivity contribution in [2.45, 2.75) is 46.1 Å². The fraction of sp³-hybridized carbons (Fsp3) is 1.00. The van der Waals surface area contributed by atoms with Crippen molar-refractivity contribution in [2.75, 3.05) is 33.4 Å². The minimum Gasteiger partial charge on any atom is -0.392 e. The standard InChI is InChI=1S/C14H29NO2/c1-5-17-10-9-15(4)11-12-7-6-8-14(2,3)13(12)16/h12-13,16H,5-11H2,1-4H3. The summed E-state index contributed by atoms with van der Waals surface area (Å²) in [6.45, 7) is 9.91. The average Bonchev–Trinajstić information content (AvgIpc) is 2.25. The highest BCUT2D eigenvalue weighted by atomic mass is 16.5. The molecule has 0 aromatic carbocycles. The maximum absolute atomic E-state index is 10.4. The number of ether oxygens (including phenoxy) is 1. The van der Waals surface area contributed by atoms with Gasteiger partial charge in [-0.1, -0.05) is 20.3 Å². The summed E-state index contributed by atoms with van der Waals surface area (Å²) in [6, 6.07) is 0. The normalized spacial score (nSPS) is 28.6. The van der Waals surface area contributed by atoms with Crippen molar-refractivity contribution < 1.29 is 9.84 Å². The van der Waals surface area contributed by atoms with Gasteiger partial charge in [0.25, 0.3) is 0 Å². The van der Waals surface area contributed by atoms with Gasteiger partial charge in [-0.25, -0.2) is 0 Å². The number of hydrogen-bond acceptors (Lipinski definition) is 3. The van der Waals surface area contributed by atoms with Crippen molar-refractivity contribution >= 4 is 0 Å². The Kier molecular flexibility index (Phi) is 5.90. The molecule has 3 heteroatoms. The number of hydrogen-bond donors (Lipinski definition) is 1. The van der Waals surface area contributed by atoms with Gasteiger partial charge in [0.15, 0.2) is 0 Å². The van der Waals surface area contributed by atoms with Gasteiger partial charge in [-0.15, -0.1) is 0 Å². The molecule has 2 atom stereocenters. The minimum absolute atomic E-state index is 0.0870. The fourth-order valence-corrected chi connectivity index (χ4v) is 2.81. The van der Waals surface area contributed by atoms with E-state index in [1.165, 1.54) is 6.42 Å². The molecular weight excluding hydrogens is 214 g/mol. The summed E-state index contributed by atoms with van der Waals surface area (Å²) in [6.07, 6.45) is 3.39. The van der Waals surface area contributed by atoms with Gasteiger partial charge in [-0.2, -0.15) is 0 Å². The lowest BCUT2D eigenvalue weighted by atomic mass is 9.69. The number of aliphatic hydroxyl groups is 1. The summed E-state index contributed by atoms with van der Waals surface area (Å²) in [5.41, 5.74) is 0.0870. The van der Waals surface area contributed by atoms with Crippen LogP contribution in [0, 0.1) is 11.3 Å². The van der Waals surface area contributed by atoms with E-state index in [0.717, 1.165) is 39.1 Å². The van der Waals surface area contributed by atoms with Gasteiger partial charge in [0.05, 0.1) is 12.7 Å². The fourth-order valence-electron chi connectivity index (χ4n) is 2.81. The topological polar surface area (TPSA) is 32.7 Å². The molecule has 1 saturated carbocycles. The van der Waals surface area contributed by atoms with E-state index < -0.39 is 0 Å². The Morgan fingerprint density at radius 3 is 2.76 bits per heavy atom. The van der Waals surface area contributed by atoms with E-state index in [-0.39, 0.29) is 11.5 Å². The zero-order chi connectivity index (χ0) is 12.9. The Hall–Kier alpha value is -0.120. The molecule has 0 spiro atoms. The molecule has 1 aliphatic carbocycles. The van der Waals surface area contributed by atoms with Crippen LogP contribution in [0.1, 0.15) is 40.0 Å². The first-order valence-corrected chi connectivity index (χ1v) is 6.91. The molecule has 1 N–H and O–H groups in total. The molecule has 0 heterocycles. The average molecular weight is 243 g/mol. The Balaban J connectivity index is 2.34. The molecule has 17 heavy (non-hydrogen) atoms. The summed E-state index contributed by atoms with van der Waals surface area (Å²) < 4.78 is 5.36. The first-order chi connectivity index (χ1) is 7.97. The van der Waals surface area contributed by atoms with Crippen LogP contribution in [-0.4, -0.2) is 49.5 Å². The quantitative estimate of drug-likeness (QED) is 0.726. The third-order valence-corrected chi connectivity index (χ3v) is 4.01. The largest absolute Gasteiger partial charge is 0.392 e. The van der Waals surface area contributed by atoms with Crippen molar-refractivity contribution in [3.63, 3.8) is 0 Å². The van der Waals surface area contributed by atoms with E-state index in [4.69, 9.17) is 4.74 Å². The molecule has 0 bridgehead atoms. The molecule has 1 rings (SSSR count). The summed E-state index contributed by atoms with van der Waals surface area (Å²) in [7, 11) is 2.12. The molecular formula is C14H29NO2. The predicted molar refractivity (Wildman–Crippen MR) is 71.1 cm³/mol. The lowest BCUT2D eigenvalue weighted by Crippen LogP contribution is -2.44. The molecule has 2 unspecified atom stereocenters. The number of nitrogens with zero attached hydrogens (tertiary/aromatic N) is 1. The molecule has 102 valence electrons. The predicted octanol–water partition coefficient (Wildman–Crippen LogP) is 2.14. The highest BCUT2D eigenvalue weighted by Gasteiger charge is 2.37. The third kappa shape index (κ3) is 4.57. The number of likely N-dealkylation sites (N-methyl/N-ethyl adjacent to an activating group) is 1. The van der Waals surface area contributed by atoms with E-state index in [2.05, 4.69) is 25.8 Å². The van der Waals surface area contributed by atoms with Crippen LogP contribution in [0.5, 0.6) is 0 Å². The zero-order valence-corrected chi connectivity index (χ0v) is 11.9. The lowest BCUT2D eigenvalue weighted by molar-refractivity contribution is -0.0423. The Bertz CT molecular complexity index is 218. The van der Waals surface area contributed by atoms with Crippen LogP contribution in [0.2, 0.25) is 0 Å². The van der Waals surface area contributed by atoms with Crippen LogP contribution >= 0.6 is 0 Å². The van der Waals surface area contributed by atoms with Crippen LogP contribution in [0.4, 0.5) is 0 Å². The lowest BCUT2D eigenvalue weighted by Gasteiger charge is -2.42. The van der Waals surface area contributed by atoms with Crippen LogP contribution in [0.25, 0.3) is 0 Å². The summed E-state index contributed by atoms with van der Waals surface area (Å²) in [5.74, 6) is 0.422. The molecule has 1 aliphatic rings. The number of rotatable bonds is 6. The van der Waals surface area contributed by atoms with Gasteiger partial charge in [-0.3, -0.25) is 0 Å². The van der Waals surface area contributed by atoms with Crippen LogP contribution in [0.15, 0.2) is 0 Å². The Morgan fingerprint density at radius 2 is 2.12 bits per heavy atom. The molecule has 3 nitrogen and oxygen atoms in total. The van der Waals surface area contributed by atoms with Crippen LogP contribution in [-0.2, 0) is 4.74 Å². The Morgan fingerprint density at radius 1 is 1.41 bits per heavy atom. The first kappa shape index (κ1) is 14.9. The highest BCUT2D eigenvalue weighted by Crippen LogP contribution is 2.39. The van der Waals surface area contributed by atoms with E-state index in [9.17, 15) is 5.11 Å². The van der Waals surface area contributed by atoms with Crippen molar-refractivity contribution in [3.8, 4) is 0 Å². The molecule has 0 radical (unpaired) electrons. The smallest absolute Gasteiger partial charge is 0.0631 e. The number of aliphatic hydroxyl groups excluding tert-OH is 1. The van der Waals surface area contributed by atoms with Gasteiger partial charge >= 0.3 is 0 Å². The SMILES string of the molecule is CCOCCN(C)CC1CCCC(C)(C)C1O.